The van der Waals surface area contributed by atoms with Gasteiger partial charge in [0.1, 0.15) is 0 Å². The highest BCUT2D eigenvalue weighted by Gasteiger charge is 2.25. The van der Waals surface area contributed by atoms with Crippen molar-refractivity contribution in [3.05, 3.63) is 71.8 Å². The third-order valence-corrected chi connectivity index (χ3v) is 4.36. The number of amides is 1. The molecule has 1 atom stereocenters. The van der Waals surface area contributed by atoms with Crippen LogP contribution in [0.1, 0.15) is 31.9 Å². The lowest BCUT2D eigenvalue weighted by molar-refractivity contribution is -0.175. The fraction of sp³-hybridized carbons (Fsp3) is 0.333. The van der Waals surface area contributed by atoms with Gasteiger partial charge in [-0.1, -0.05) is 74.5 Å². The number of ether oxygens (including phenoxy) is 2. The maximum Gasteiger partial charge on any atom is 0.417 e. The zero-order chi connectivity index (χ0) is 24.2. The van der Waals surface area contributed by atoms with E-state index < -0.39 is 30.3 Å². The van der Waals surface area contributed by atoms with Crippen molar-refractivity contribution in [2.45, 2.75) is 39.9 Å². The Morgan fingerprint density at radius 2 is 1.52 bits per heavy atom. The highest BCUT2D eigenvalue weighted by molar-refractivity contribution is 5.92. The zero-order valence-corrected chi connectivity index (χ0v) is 18.9. The maximum absolute atomic E-state index is 12.3. The molecule has 1 unspecified atom stereocenters. The van der Waals surface area contributed by atoms with E-state index >= 15 is 0 Å². The van der Waals surface area contributed by atoms with Crippen LogP contribution in [-0.4, -0.2) is 41.9 Å². The first-order valence-electron chi connectivity index (χ1n) is 10.5. The standard InChI is InChI=1S/C24H29N3O6/c1-17(2)22(31-21(29)16-20-12-8-5-9-13-20)32-24(30)26-23(25)27(33-18(3)28)15-14-19-10-6-4-7-11-19/h4-13,17,22H,14-16H2,1-3H3,(H2,25,26,30). The van der Waals surface area contributed by atoms with Gasteiger partial charge in [-0.2, -0.15) is 5.06 Å². The fourth-order valence-corrected chi connectivity index (χ4v) is 2.76. The van der Waals surface area contributed by atoms with Crippen LogP contribution in [0.2, 0.25) is 0 Å². The summed E-state index contributed by atoms with van der Waals surface area (Å²) in [6.07, 6.45) is -1.66. The second kappa shape index (κ2) is 12.8. The Bertz CT molecular complexity index is 934. The topological polar surface area (TPSA) is 118 Å². The lowest BCUT2D eigenvalue weighted by Crippen LogP contribution is -2.46. The predicted molar refractivity (Wildman–Crippen MR) is 121 cm³/mol. The molecule has 9 nitrogen and oxygen atoms in total. The highest BCUT2D eigenvalue weighted by Crippen LogP contribution is 2.11. The van der Waals surface area contributed by atoms with Crippen molar-refractivity contribution in [3.63, 3.8) is 0 Å². The number of hydroxylamine groups is 2. The van der Waals surface area contributed by atoms with Crippen LogP contribution in [0.25, 0.3) is 0 Å². The van der Waals surface area contributed by atoms with Gasteiger partial charge in [-0.15, -0.1) is 0 Å². The molecule has 0 aromatic heterocycles. The fourth-order valence-electron chi connectivity index (χ4n) is 2.76. The smallest absolute Gasteiger partial charge is 0.417 e. The normalized spacial score (nSPS) is 11.3. The maximum atomic E-state index is 12.3. The van der Waals surface area contributed by atoms with E-state index in [2.05, 4.69) is 5.32 Å². The number of benzene rings is 2. The lowest BCUT2D eigenvalue weighted by atomic mass is 10.1. The second-order valence-corrected chi connectivity index (χ2v) is 7.56. The van der Waals surface area contributed by atoms with E-state index in [1.807, 2.05) is 48.5 Å². The van der Waals surface area contributed by atoms with Crippen LogP contribution < -0.4 is 5.32 Å². The molecule has 0 saturated carbocycles. The van der Waals surface area contributed by atoms with Crippen molar-refractivity contribution in [2.75, 3.05) is 6.54 Å². The van der Waals surface area contributed by atoms with Crippen LogP contribution in [0.3, 0.4) is 0 Å². The number of nitrogens with zero attached hydrogens (tertiary/aromatic N) is 1. The molecule has 0 aliphatic rings. The Morgan fingerprint density at radius 1 is 0.939 bits per heavy atom. The molecular formula is C24H29N3O6. The van der Waals surface area contributed by atoms with Gasteiger partial charge >= 0.3 is 18.0 Å². The molecule has 0 radical (unpaired) electrons. The summed E-state index contributed by atoms with van der Waals surface area (Å²) in [6, 6.07) is 18.5. The summed E-state index contributed by atoms with van der Waals surface area (Å²) in [6.45, 7) is 4.79. The van der Waals surface area contributed by atoms with Crippen molar-refractivity contribution < 1.29 is 28.7 Å². The molecule has 9 heteroatoms. The van der Waals surface area contributed by atoms with E-state index in [1.54, 1.807) is 26.0 Å². The first-order valence-corrected chi connectivity index (χ1v) is 10.5. The average Bonchev–Trinajstić information content (AvgIpc) is 2.77. The monoisotopic (exact) mass is 455 g/mol. The molecule has 0 saturated heterocycles. The Balaban J connectivity index is 1.92. The minimum atomic E-state index is -1.15. The van der Waals surface area contributed by atoms with Crippen LogP contribution in [0.4, 0.5) is 4.79 Å². The van der Waals surface area contributed by atoms with Gasteiger partial charge < -0.3 is 14.3 Å². The van der Waals surface area contributed by atoms with Crippen molar-refractivity contribution in [2.24, 2.45) is 5.92 Å². The third kappa shape index (κ3) is 9.42. The van der Waals surface area contributed by atoms with Gasteiger partial charge in [-0.25, -0.2) is 4.79 Å². The largest absolute Gasteiger partial charge is 0.425 e. The van der Waals surface area contributed by atoms with Crippen molar-refractivity contribution in [1.29, 1.82) is 5.41 Å². The number of hydrogen-bond acceptors (Lipinski definition) is 7. The van der Waals surface area contributed by atoms with Crippen LogP contribution in [-0.2, 0) is 36.7 Å². The minimum Gasteiger partial charge on any atom is -0.425 e. The molecule has 2 aromatic carbocycles. The Hall–Kier alpha value is -3.88. The summed E-state index contributed by atoms with van der Waals surface area (Å²) >= 11 is 0. The Morgan fingerprint density at radius 3 is 2.06 bits per heavy atom. The number of nitrogens with one attached hydrogen (secondary N) is 2. The molecule has 176 valence electrons. The van der Waals surface area contributed by atoms with Crippen molar-refractivity contribution >= 4 is 24.0 Å². The number of carbonyl (C=O) groups excluding carboxylic acids is 3. The summed E-state index contributed by atoms with van der Waals surface area (Å²) in [4.78, 5) is 41.0. The summed E-state index contributed by atoms with van der Waals surface area (Å²) in [7, 11) is 0. The molecule has 1 amide bonds. The van der Waals surface area contributed by atoms with Gasteiger partial charge in [-0.3, -0.25) is 20.3 Å². The first kappa shape index (κ1) is 25.4. The van der Waals surface area contributed by atoms with Gasteiger partial charge in [0, 0.05) is 12.8 Å². The molecule has 2 rings (SSSR count). The summed E-state index contributed by atoms with van der Waals surface area (Å²) < 4.78 is 10.5. The SMILES string of the molecule is CC(=O)ON(CCc1ccccc1)C(=N)NC(=O)OC(OC(=O)Cc1ccccc1)C(C)C. The highest BCUT2D eigenvalue weighted by atomic mass is 16.7. The van der Waals surface area contributed by atoms with Crippen LogP contribution in [0.5, 0.6) is 0 Å². The van der Waals surface area contributed by atoms with E-state index in [-0.39, 0.29) is 18.9 Å². The predicted octanol–water partition coefficient (Wildman–Crippen LogP) is 3.44. The summed E-state index contributed by atoms with van der Waals surface area (Å²) in [5.41, 5.74) is 1.74. The zero-order valence-electron chi connectivity index (χ0n) is 18.9. The van der Waals surface area contributed by atoms with Gasteiger partial charge in [0.2, 0.25) is 5.96 Å². The van der Waals surface area contributed by atoms with E-state index in [1.165, 1.54) is 6.92 Å². The van der Waals surface area contributed by atoms with Gasteiger partial charge in [0.15, 0.2) is 0 Å². The quantitative estimate of drug-likeness (QED) is 0.206. The molecule has 0 bridgehead atoms. The van der Waals surface area contributed by atoms with E-state index in [9.17, 15) is 14.4 Å². The third-order valence-electron chi connectivity index (χ3n) is 4.36. The average molecular weight is 456 g/mol. The molecule has 0 spiro atoms. The van der Waals surface area contributed by atoms with Gasteiger partial charge in [0.25, 0.3) is 6.29 Å². The van der Waals surface area contributed by atoms with Crippen molar-refractivity contribution in [3.8, 4) is 0 Å². The second-order valence-electron chi connectivity index (χ2n) is 7.56. The van der Waals surface area contributed by atoms with Gasteiger partial charge in [-0.05, 0) is 17.5 Å². The number of esters is 1. The van der Waals surface area contributed by atoms with E-state index in [0.717, 1.165) is 16.2 Å². The van der Waals surface area contributed by atoms with Crippen LogP contribution in [0.15, 0.2) is 60.7 Å². The summed E-state index contributed by atoms with van der Waals surface area (Å²) in [5, 5.41) is 11.3. The van der Waals surface area contributed by atoms with Crippen LogP contribution >= 0.6 is 0 Å². The molecule has 2 N–H and O–H groups in total. The van der Waals surface area contributed by atoms with E-state index in [4.69, 9.17) is 19.7 Å². The number of carbonyl (C=O) groups is 3. The minimum absolute atomic E-state index is 0.0323. The van der Waals surface area contributed by atoms with Crippen LogP contribution in [0, 0.1) is 11.3 Å². The number of rotatable bonds is 8. The molecular weight excluding hydrogens is 426 g/mol. The lowest BCUT2D eigenvalue weighted by Gasteiger charge is -2.25. The van der Waals surface area contributed by atoms with E-state index in [0.29, 0.717) is 6.42 Å². The van der Waals surface area contributed by atoms with Crippen molar-refractivity contribution in [1.82, 2.24) is 10.4 Å². The molecule has 2 aromatic rings. The molecule has 0 aliphatic carbocycles. The number of hydrogen-bond donors (Lipinski definition) is 2. The number of guanidine groups is 1. The Kier molecular flexibility index (Phi) is 9.88. The Labute approximate surface area is 193 Å². The number of alkyl carbamates (subject to hydrolysis) is 1. The molecule has 0 aliphatic heterocycles. The van der Waals surface area contributed by atoms with Gasteiger partial charge in [0.05, 0.1) is 13.0 Å². The first-order chi connectivity index (χ1) is 15.7. The summed E-state index contributed by atoms with van der Waals surface area (Å²) in [5.74, 6) is -2.00. The molecule has 33 heavy (non-hydrogen) atoms. The molecule has 0 fully saturated rings. The molecule has 0 heterocycles.